The van der Waals surface area contributed by atoms with Gasteiger partial charge in [0, 0.05) is 36.2 Å². The summed E-state index contributed by atoms with van der Waals surface area (Å²) in [7, 11) is 3.09. The molecule has 0 saturated heterocycles. The monoisotopic (exact) mass is 416 g/mol. The van der Waals surface area contributed by atoms with Gasteiger partial charge in [-0.05, 0) is 36.4 Å². The molecule has 0 aliphatic heterocycles. The topological polar surface area (TPSA) is 94.5 Å². The fourth-order valence-electron chi connectivity index (χ4n) is 2.63. The van der Waals surface area contributed by atoms with Crippen molar-refractivity contribution < 1.29 is 27.8 Å². The molecular formula is C20H18F2N4O4. The first-order valence-corrected chi connectivity index (χ1v) is 8.71. The minimum atomic E-state index is -2.95. The van der Waals surface area contributed by atoms with E-state index in [0.29, 0.717) is 16.9 Å². The minimum absolute atomic E-state index is 0.0632. The first kappa shape index (κ1) is 20.8. The number of aryl methyl sites for hydroxylation is 1. The average molecular weight is 416 g/mol. The molecule has 1 heterocycles. The van der Waals surface area contributed by atoms with Crippen molar-refractivity contribution in [1.29, 1.82) is 0 Å². The fraction of sp³-hybridized carbons (Fsp3) is 0.150. The van der Waals surface area contributed by atoms with Crippen molar-refractivity contribution in [2.75, 3.05) is 17.7 Å². The summed E-state index contributed by atoms with van der Waals surface area (Å²) in [6.07, 6.45) is 1.53. The highest BCUT2D eigenvalue weighted by Gasteiger charge is 2.17. The van der Waals surface area contributed by atoms with E-state index in [0.717, 1.165) is 0 Å². The van der Waals surface area contributed by atoms with E-state index in [1.54, 1.807) is 25.2 Å². The Balaban J connectivity index is 1.65. The predicted molar refractivity (Wildman–Crippen MR) is 105 cm³/mol. The molecule has 3 rings (SSSR count). The molecule has 0 atom stereocenters. The molecule has 156 valence electrons. The molecule has 0 saturated carbocycles. The Morgan fingerprint density at radius 2 is 1.73 bits per heavy atom. The lowest BCUT2D eigenvalue weighted by molar-refractivity contribution is -0.0498. The second kappa shape index (κ2) is 9.03. The molecule has 2 amide bonds. The standard InChI is InChI=1S/C20H18F2N4O4/c1-26-11-16(19(25-26)29-2)18(28)23-13-8-6-12(7-9-13)17(27)24-14-4-3-5-15(10-14)30-20(21)22/h3-11,20H,1-2H3,(H,23,28)(H,24,27). The van der Waals surface area contributed by atoms with Crippen LogP contribution in [0.4, 0.5) is 20.2 Å². The van der Waals surface area contributed by atoms with Crippen LogP contribution < -0.4 is 20.1 Å². The van der Waals surface area contributed by atoms with Crippen molar-refractivity contribution in [2.24, 2.45) is 7.05 Å². The number of carbonyl (C=O) groups is 2. The molecule has 0 aliphatic rings. The maximum atomic E-state index is 12.4. The Morgan fingerprint density at radius 3 is 2.40 bits per heavy atom. The van der Waals surface area contributed by atoms with Crippen LogP contribution in [0.3, 0.4) is 0 Å². The van der Waals surface area contributed by atoms with Crippen molar-refractivity contribution in [3.63, 3.8) is 0 Å². The second-order valence-corrected chi connectivity index (χ2v) is 6.12. The van der Waals surface area contributed by atoms with E-state index in [1.165, 1.54) is 48.3 Å². The second-order valence-electron chi connectivity index (χ2n) is 6.12. The Hall–Kier alpha value is -3.95. The predicted octanol–water partition coefficient (Wildman–Crippen LogP) is 3.53. The Morgan fingerprint density at radius 1 is 1.03 bits per heavy atom. The molecule has 0 unspecified atom stereocenters. The van der Waals surface area contributed by atoms with Crippen LogP contribution in [0.2, 0.25) is 0 Å². The number of nitrogens with zero attached hydrogens (tertiary/aromatic N) is 2. The highest BCUT2D eigenvalue weighted by Crippen LogP contribution is 2.21. The number of halogens is 2. The number of benzene rings is 2. The lowest BCUT2D eigenvalue weighted by Crippen LogP contribution is -2.14. The van der Waals surface area contributed by atoms with Crippen LogP contribution in [0.1, 0.15) is 20.7 Å². The van der Waals surface area contributed by atoms with E-state index in [1.807, 2.05) is 0 Å². The van der Waals surface area contributed by atoms with E-state index in [-0.39, 0.29) is 17.2 Å². The van der Waals surface area contributed by atoms with Gasteiger partial charge in [-0.25, -0.2) is 0 Å². The van der Waals surface area contributed by atoms with Crippen LogP contribution in [0.5, 0.6) is 11.6 Å². The van der Waals surface area contributed by atoms with Gasteiger partial charge in [-0.3, -0.25) is 14.3 Å². The third-order valence-corrected chi connectivity index (χ3v) is 3.95. The van der Waals surface area contributed by atoms with Crippen LogP contribution in [0, 0.1) is 0 Å². The van der Waals surface area contributed by atoms with Gasteiger partial charge in [-0.1, -0.05) is 6.07 Å². The maximum Gasteiger partial charge on any atom is 0.387 e. The number of methoxy groups -OCH3 is 1. The highest BCUT2D eigenvalue weighted by molar-refractivity contribution is 6.07. The van der Waals surface area contributed by atoms with Crippen molar-refractivity contribution in [3.05, 3.63) is 65.9 Å². The van der Waals surface area contributed by atoms with Crippen molar-refractivity contribution >= 4 is 23.2 Å². The summed E-state index contributed by atoms with van der Waals surface area (Å²) in [6.45, 7) is -2.95. The third kappa shape index (κ3) is 5.10. The molecule has 2 aromatic carbocycles. The molecule has 10 heteroatoms. The highest BCUT2D eigenvalue weighted by atomic mass is 19.3. The summed E-state index contributed by atoms with van der Waals surface area (Å²) >= 11 is 0. The van der Waals surface area contributed by atoms with Gasteiger partial charge < -0.3 is 20.1 Å². The van der Waals surface area contributed by atoms with Crippen LogP contribution in [0.25, 0.3) is 0 Å². The molecule has 30 heavy (non-hydrogen) atoms. The van der Waals surface area contributed by atoms with Crippen LogP contribution in [-0.4, -0.2) is 35.3 Å². The van der Waals surface area contributed by atoms with Gasteiger partial charge in [0.1, 0.15) is 11.3 Å². The van der Waals surface area contributed by atoms with Gasteiger partial charge in [0.2, 0.25) is 5.88 Å². The molecule has 0 spiro atoms. The number of aromatic nitrogens is 2. The zero-order valence-corrected chi connectivity index (χ0v) is 16.1. The summed E-state index contributed by atoms with van der Waals surface area (Å²) in [5.74, 6) is -0.722. The zero-order valence-electron chi connectivity index (χ0n) is 16.1. The molecule has 2 N–H and O–H groups in total. The molecular weight excluding hydrogens is 398 g/mol. The van der Waals surface area contributed by atoms with E-state index < -0.39 is 18.4 Å². The van der Waals surface area contributed by atoms with Gasteiger partial charge in [0.05, 0.1) is 7.11 Å². The molecule has 0 bridgehead atoms. The molecule has 1 aromatic heterocycles. The number of amides is 2. The van der Waals surface area contributed by atoms with E-state index >= 15 is 0 Å². The first-order valence-electron chi connectivity index (χ1n) is 8.71. The number of ether oxygens (including phenoxy) is 2. The van der Waals surface area contributed by atoms with Gasteiger partial charge in [-0.15, -0.1) is 5.10 Å². The van der Waals surface area contributed by atoms with E-state index in [2.05, 4.69) is 20.5 Å². The Kier molecular flexibility index (Phi) is 6.26. The summed E-state index contributed by atoms with van der Waals surface area (Å²) in [5.41, 5.74) is 1.36. The normalized spacial score (nSPS) is 10.6. The van der Waals surface area contributed by atoms with Gasteiger partial charge in [0.25, 0.3) is 11.8 Å². The van der Waals surface area contributed by atoms with Crippen molar-refractivity contribution in [3.8, 4) is 11.6 Å². The number of hydrogen-bond donors (Lipinski definition) is 2. The number of rotatable bonds is 7. The molecule has 3 aromatic rings. The number of alkyl halides is 2. The van der Waals surface area contributed by atoms with Gasteiger partial charge in [0.15, 0.2) is 0 Å². The lowest BCUT2D eigenvalue weighted by atomic mass is 10.2. The smallest absolute Gasteiger partial charge is 0.387 e. The molecule has 0 fully saturated rings. The summed E-state index contributed by atoms with van der Waals surface area (Å²) in [5, 5.41) is 9.31. The number of hydrogen-bond acceptors (Lipinski definition) is 5. The maximum absolute atomic E-state index is 12.4. The van der Waals surface area contributed by atoms with Gasteiger partial charge >= 0.3 is 6.61 Å². The van der Waals surface area contributed by atoms with E-state index in [9.17, 15) is 18.4 Å². The summed E-state index contributed by atoms with van der Waals surface area (Å²) in [4.78, 5) is 24.8. The average Bonchev–Trinajstić information content (AvgIpc) is 3.09. The van der Waals surface area contributed by atoms with Crippen LogP contribution >= 0.6 is 0 Å². The summed E-state index contributed by atoms with van der Waals surface area (Å²) < 4.78 is 35.5. The zero-order chi connectivity index (χ0) is 21.7. The molecule has 0 aliphatic carbocycles. The number of anilines is 2. The van der Waals surface area contributed by atoms with Gasteiger partial charge in [-0.2, -0.15) is 8.78 Å². The minimum Gasteiger partial charge on any atom is -0.479 e. The van der Waals surface area contributed by atoms with Crippen LogP contribution in [0.15, 0.2) is 54.7 Å². The summed E-state index contributed by atoms with van der Waals surface area (Å²) in [6, 6.07) is 11.8. The molecule has 0 radical (unpaired) electrons. The van der Waals surface area contributed by atoms with E-state index in [4.69, 9.17) is 4.74 Å². The fourth-order valence-corrected chi connectivity index (χ4v) is 2.63. The van der Waals surface area contributed by atoms with Crippen molar-refractivity contribution in [2.45, 2.75) is 6.61 Å². The SMILES string of the molecule is COc1nn(C)cc1C(=O)Nc1ccc(C(=O)Nc2cccc(OC(F)F)c2)cc1. The number of nitrogens with one attached hydrogen (secondary N) is 2. The lowest BCUT2D eigenvalue weighted by Gasteiger charge is -2.09. The largest absolute Gasteiger partial charge is 0.479 e. The first-order chi connectivity index (χ1) is 14.4. The molecule has 8 nitrogen and oxygen atoms in total. The Bertz CT molecular complexity index is 1050. The third-order valence-electron chi connectivity index (χ3n) is 3.95. The van der Waals surface area contributed by atoms with Crippen LogP contribution in [-0.2, 0) is 7.05 Å². The quantitative estimate of drug-likeness (QED) is 0.615. The number of carbonyl (C=O) groups excluding carboxylic acids is 2. The van der Waals surface area contributed by atoms with Crippen molar-refractivity contribution in [1.82, 2.24) is 9.78 Å². The Labute approximate surface area is 170 Å².